The minimum Gasteiger partial charge on any atom is -0.339 e. The maximum absolute atomic E-state index is 14.4. The van der Waals surface area contributed by atoms with Crippen molar-refractivity contribution in [2.75, 3.05) is 11.4 Å². The van der Waals surface area contributed by atoms with E-state index in [-0.39, 0.29) is 27.6 Å². The molecule has 1 amide bonds. The van der Waals surface area contributed by atoms with Gasteiger partial charge in [-0.2, -0.15) is 4.98 Å². The van der Waals surface area contributed by atoms with Gasteiger partial charge in [0.05, 0.1) is 27.1 Å². The van der Waals surface area contributed by atoms with Gasteiger partial charge in [-0.1, -0.05) is 32.0 Å². The van der Waals surface area contributed by atoms with Crippen LogP contribution in [0.4, 0.5) is 10.1 Å². The highest BCUT2D eigenvalue weighted by Gasteiger charge is 2.69. The van der Waals surface area contributed by atoms with E-state index in [1.165, 1.54) is 0 Å². The third kappa shape index (κ3) is 4.60. The van der Waals surface area contributed by atoms with E-state index in [9.17, 15) is 9.18 Å². The maximum Gasteiger partial charge on any atom is 0.232 e. The predicted octanol–water partition coefficient (Wildman–Crippen LogP) is 8.25. The number of benzene rings is 1. The first-order chi connectivity index (χ1) is 20.9. The molecule has 10 rings (SSSR count). The summed E-state index contributed by atoms with van der Waals surface area (Å²) >= 11 is 1.68. The minimum atomic E-state index is -1.02. The van der Waals surface area contributed by atoms with Crippen molar-refractivity contribution in [1.29, 1.82) is 0 Å². The van der Waals surface area contributed by atoms with Crippen molar-refractivity contribution in [3.05, 3.63) is 53.4 Å². The number of pyridine rings is 1. The third-order valence-electron chi connectivity index (χ3n) is 11.2. The van der Waals surface area contributed by atoms with E-state index in [1.807, 2.05) is 24.2 Å². The van der Waals surface area contributed by atoms with Crippen molar-refractivity contribution in [2.45, 2.75) is 108 Å². The summed E-state index contributed by atoms with van der Waals surface area (Å²) in [7, 11) is 0. The van der Waals surface area contributed by atoms with Crippen LogP contribution in [0.2, 0.25) is 0 Å². The van der Waals surface area contributed by atoms with E-state index in [0.29, 0.717) is 32.2 Å². The number of rotatable bonds is 7. The Morgan fingerprint density at radius 2 is 1.70 bits per heavy atom. The Hall–Kier alpha value is -3.20. The molecule has 4 bridgehead atoms. The number of aryl methyl sites for hydroxylation is 1. The molecule has 0 unspecified atom stereocenters. The largest absolute Gasteiger partial charge is 0.339 e. The molecular weight excluding hydrogens is 573 g/mol. The lowest BCUT2D eigenvalue weighted by Crippen LogP contribution is -2.65. The van der Waals surface area contributed by atoms with Crippen LogP contribution in [0.15, 0.2) is 41.2 Å². The normalized spacial score (nSPS) is 30.7. The lowest BCUT2D eigenvalue weighted by molar-refractivity contribution is -0.215. The number of nitrogens with zero attached hydrogens (tertiary/aromatic N) is 5. The van der Waals surface area contributed by atoms with Crippen LogP contribution in [0.5, 0.6) is 0 Å². The molecule has 6 aliphatic carbocycles. The Kier molecular flexibility index (Phi) is 6.05. The zero-order valence-electron chi connectivity index (χ0n) is 26.1. The predicted molar refractivity (Wildman–Crippen MR) is 169 cm³/mol. The first-order valence-corrected chi connectivity index (χ1v) is 16.8. The van der Waals surface area contributed by atoms with Gasteiger partial charge < -0.3 is 9.42 Å². The van der Waals surface area contributed by atoms with Crippen LogP contribution in [0.25, 0.3) is 21.3 Å². The highest BCUT2D eigenvalue weighted by Crippen LogP contribution is 2.71. The fourth-order valence-corrected chi connectivity index (χ4v) is 9.51. The van der Waals surface area contributed by atoms with E-state index in [1.54, 1.807) is 11.3 Å². The second kappa shape index (κ2) is 9.41. The summed E-state index contributed by atoms with van der Waals surface area (Å²) in [6, 6.07) is 8.42. The lowest BCUT2D eigenvalue weighted by Gasteiger charge is -2.66. The highest BCUT2D eigenvalue weighted by molar-refractivity contribution is 7.18. The van der Waals surface area contributed by atoms with Crippen molar-refractivity contribution in [3.8, 4) is 11.1 Å². The van der Waals surface area contributed by atoms with Gasteiger partial charge in [0.15, 0.2) is 5.82 Å². The highest BCUT2D eigenvalue weighted by atomic mass is 32.1. The average Bonchev–Trinajstić information content (AvgIpc) is 3.62. The SMILES string of the molecule is Cc1nc2ccc(-c3cncc(N(CC45CCC(c6nc(C(C)(C)C)no6)(CC4)CC5)C(=O)CC45CC(F)(C4)C5)c3)cc2s1. The van der Waals surface area contributed by atoms with Crippen molar-refractivity contribution in [3.63, 3.8) is 0 Å². The average molecular weight is 614 g/mol. The Labute approximate surface area is 261 Å². The number of carbonyl (C=O) groups excluding carboxylic acids is 1. The lowest BCUT2D eigenvalue weighted by atomic mass is 9.41. The summed E-state index contributed by atoms with van der Waals surface area (Å²) in [5.41, 5.74) is 2.52. The van der Waals surface area contributed by atoms with Crippen LogP contribution in [0.1, 0.15) is 102 Å². The minimum absolute atomic E-state index is 0.0279. The van der Waals surface area contributed by atoms with E-state index < -0.39 is 5.67 Å². The molecule has 3 aromatic heterocycles. The van der Waals surface area contributed by atoms with Gasteiger partial charge in [-0.15, -0.1) is 11.3 Å². The summed E-state index contributed by atoms with van der Waals surface area (Å²) < 4.78 is 21.4. The van der Waals surface area contributed by atoms with Gasteiger partial charge in [0.25, 0.3) is 0 Å². The van der Waals surface area contributed by atoms with Crippen LogP contribution in [-0.2, 0) is 15.6 Å². The van der Waals surface area contributed by atoms with Gasteiger partial charge in [-0.05, 0) is 99.3 Å². The molecule has 0 N–H and O–H groups in total. The van der Waals surface area contributed by atoms with Gasteiger partial charge in [0.1, 0.15) is 5.67 Å². The molecule has 0 atom stereocenters. The summed E-state index contributed by atoms with van der Waals surface area (Å²) in [6.45, 7) is 9.02. The number of amides is 1. The number of halogens is 1. The van der Waals surface area contributed by atoms with Crippen LogP contribution in [0, 0.1) is 17.8 Å². The summed E-state index contributed by atoms with van der Waals surface area (Å²) in [5.74, 6) is 1.65. The number of alkyl halides is 1. The van der Waals surface area contributed by atoms with Crippen molar-refractivity contribution in [1.82, 2.24) is 20.1 Å². The molecule has 6 saturated carbocycles. The second-order valence-electron chi connectivity index (χ2n) is 15.6. The van der Waals surface area contributed by atoms with Crippen LogP contribution < -0.4 is 4.90 Å². The molecule has 9 heteroatoms. The molecule has 1 aromatic carbocycles. The van der Waals surface area contributed by atoms with Gasteiger partial charge in [-0.25, -0.2) is 9.37 Å². The van der Waals surface area contributed by atoms with Crippen LogP contribution in [0.3, 0.4) is 0 Å². The number of hydrogen-bond acceptors (Lipinski definition) is 7. The number of aromatic nitrogens is 4. The quantitative estimate of drug-likeness (QED) is 0.209. The molecule has 7 nitrogen and oxygen atoms in total. The molecule has 0 aliphatic heterocycles. The fourth-order valence-electron chi connectivity index (χ4n) is 8.64. The molecule has 6 fully saturated rings. The molecule has 6 aliphatic rings. The summed E-state index contributed by atoms with van der Waals surface area (Å²) in [5, 5.41) is 5.38. The van der Waals surface area contributed by atoms with Crippen LogP contribution >= 0.6 is 11.3 Å². The van der Waals surface area contributed by atoms with Crippen molar-refractivity contribution >= 4 is 33.1 Å². The van der Waals surface area contributed by atoms with Gasteiger partial charge >= 0.3 is 0 Å². The summed E-state index contributed by atoms with van der Waals surface area (Å²) in [6.07, 6.45) is 11.7. The Balaban J connectivity index is 1.07. The van der Waals surface area contributed by atoms with E-state index in [4.69, 9.17) is 9.51 Å². The third-order valence-corrected chi connectivity index (χ3v) is 12.1. The molecule has 44 heavy (non-hydrogen) atoms. The standard InChI is InChI=1S/C35H40FN5O2S/c1-22-38-26-6-5-23(14-27(26)44-22)24-13-25(17-37-16-24)41(28(42)15-33-18-35(36,19-33)20-33)21-32-7-10-34(11-8-32,12-9-32)30-39-29(40-43-30)31(2,3)4/h5-6,13-14,16-17H,7-12,15,18-21H2,1-4H3. The second-order valence-corrected chi connectivity index (χ2v) is 16.9. The zero-order valence-corrected chi connectivity index (χ0v) is 26.9. The van der Waals surface area contributed by atoms with Gasteiger partial charge in [0, 0.05) is 35.6 Å². The monoisotopic (exact) mass is 613 g/mol. The van der Waals surface area contributed by atoms with Gasteiger partial charge in [0.2, 0.25) is 11.8 Å². The number of carbonyl (C=O) groups is 1. The topological polar surface area (TPSA) is 85.0 Å². The zero-order chi connectivity index (χ0) is 30.5. The Morgan fingerprint density at radius 1 is 0.977 bits per heavy atom. The number of thiazole rings is 1. The molecule has 4 aromatic rings. The number of anilines is 1. The smallest absolute Gasteiger partial charge is 0.232 e. The number of fused-ring (bicyclic) bond motifs is 4. The van der Waals surface area contributed by atoms with E-state index in [0.717, 1.165) is 82.3 Å². The number of hydrogen-bond donors (Lipinski definition) is 0. The first-order valence-electron chi connectivity index (χ1n) is 16.0. The molecule has 230 valence electrons. The molecule has 3 heterocycles. The fraction of sp³-hybridized carbons (Fsp3) is 0.571. The molecule has 0 saturated heterocycles. The van der Waals surface area contributed by atoms with Gasteiger partial charge in [-0.3, -0.25) is 9.78 Å². The Morgan fingerprint density at radius 3 is 2.36 bits per heavy atom. The van der Waals surface area contributed by atoms with Crippen LogP contribution in [-0.4, -0.2) is 38.2 Å². The molecular formula is C35H40FN5O2S. The Bertz CT molecular complexity index is 1740. The van der Waals surface area contributed by atoms with E-state index >= 15 is 0 Å². The molecule has 0 radical (unpaired) electrons. The van der Waals surface area contributed by atoms with Crippen molar-refractivity contribution < 1.29 is 13.7 Å². The summed E-state index contributed by atoms with van der Waals surface area (Å²) in [4.78, 5) is 30.3. The van der Waals surface area contributed by atoms with Crippen molar-refractivity contribution in [2.24, 2.45) is 10.8 Å². The molecule has 0 spiro atoms. The van der Waals surface area contributed by atoms with E-state index in [2.05, 4.69) is 60.2 Å². The maximum atomic E-state index is 14.4. The first kappa shape index (κ1) is 28.3.